The molecule has 1 saturated carbocycles. The van der Waals surface area contributed by atoms with Crippen LogP contribution in [0.15, 0.2) is 41.8 Å². The van der Waals surface area contributed by atoms with Gasteiger partial charge in [-0.15, -0.1) is 23.1 Å². The van der Waals surface area contributed by atoms with Gasteiger partial charge in [-0.2, -0.15) is 0 Å². The van der Waals surface area contributed by atoms with Gasteiger partial charge in [-0.05, 0) is 42.0 Å². The molecule has 1 aromatic heterocycles. The van der Waals surface area contributed by atoms with Gasteiger partial charge in [0.1, 0.15) is 5.82 Å². The lowest BCUT2D eigenvalue weighted by Crippen LogP contribution is -2.31. The van der Waals surface area contributed by atoms with E-state index in [2.05, 4.69) is 5.32 Å². The molecular formula is C19H22FNOS2. The molecule has 1 atom stereocenters. The number of carbonyl (C=O) groups is 1. The lowest BCUT2D eigenvalue weighted by Gasteiger charge is -2.22. The minimum Gasteiger partial charge on any atom is -0.344 e. The number of hydrogen-bond donors (Lipinski definition) is 1. The Labute approximate surface area is 150 Å². The SMILES string of the molecule is O=C(CSC1CCCCC1)N[C@@H](c1ccc(F)cc1)c1cccs1. The highest BCUT2D eigenvalue weighted by atomic mass is 32.2. The highest BCUT2D eigenvalue weighted by molar-refractivity contribution is 8.00. The molecule has 1 N–H and O–H groups in total. The lowest BCUT2D eigenvalue weighted by atomic mass is 10.0. The van der Waals surface area contributed by atoms with Crippen molar-refractivity contribution in [1.29, 1.82) is 0 Å². The summed E-state index contributed by atoms with van der Waals surface area (Å²) in [6.07, 6.45) is 6.35. The van der Waals surface area contributed by atoms with E-state index < -0.39 is 0 Å². The molecule has 2 aromatic rings. The maximum atomic E-state index is 13.2. The minimum absolute atomic E-state index is 0.0494. The molecule has 0 radical (unpaired) electrons. The van der Waals surface area contributed by atoms with E-state index >= 15 is 0 Å². The van der Waals surface area contributed by atoms with E-state index in [1.54, 1.807) is 35.2 Å². The molecule has 1 amide bonds. The molecule has 0 unspecified atom stereocenters. The highest BCUT2D eigenvalue weighted by Crippen LogP contribution is 2.29. The van der Waals surface area contributed by atoms with Gasteiger partial charge >= 0.3 is 0 Å². The number of carbonyl (C=O) groups excluding carboxylic acids is 1. The Morgan fingerprint density at radius 1 is 1.21 bits per heavy atom. The number of thiophene rings is 1. The number of benzene rings is 1. The first-order chi connectivity index (χ1) is 11.7. The van der Waals surface area contributed by atoms with Crippen molar-refractivity contribution < 1.29 is 9.18 Å². The van der Waals surface area contributed by atoms with Crippen molar-refractivity contribution in [3.05, 3.63) is 58.0 Å². The maximum Gasteiger partial charge on any atom is 0.230 e. The molecule has 0 saturated heterocycles. The van der Waals surface area contributed by atoms with Crippen molar-refractivity contribution >= 4 is 29.0 Å². The first-order valence-electron chi connectivity index (χ1n) is 8.42. The summed E-state index contributed by atoms with van der Waals surface area (Å²) in [5.41, 5.74) is 0.912. The Hall–Kier alpha value is -1.33. The van der Waals surface area contributed by atoms with Crippen LogP contribution in [0.3, 0.4) is 0 Å². The van der Waals surface area contributed by atoms with Gasteiger partial charge in [-0.3, -0.25) is 4.79 Å². The smallest absolute Gasteiger partial charge is 0.230 e. The zero-order valence-corrected chi connectivity index (χ0v) is 15.2. The van der Waals surface area contributed by atoms with Crippen LogP contribution in [-0.2, 0) is 4.79 Å². The topological polar surface area (TPSA) is 29.1 Å². The third-order valence-electron chi connectivity index (χ3n) is 4.34. The quantitative estimate of drug-likeness (QED) is 0.768. The summed E-state index contributed by atoms with van der Waals surface area (Å²) < 4.78 is 13.2. The van der Waals surface area contributed by atoms with Crippen LogP contribution in [0.4, 0.5) is 4.39 Å². The fourth-order valence-corrected chi connectivity index (χ4v) is 5.00. The number of nitrogens with one attached hydrogen (secondary N) is 1. The summed E-state index contributed by atoms with van der Waals surface area (Å²) in [5.74, 6) is 0.282. The monoisotopic (exact) mass is 363 g/mol. The van der Waals surface area contributed by atoms with Crippen molar-refractivity contribution in [3.63, 3.8) is 0 Å². The van der Waals surface area contributed by atoms with Crippen LogP contribution in [-0.4, -0.2) is 16.9 Å². The molecule has 5 heteroatoms. The molecule has 2 nitrogen and oxygen atoms in total. The first-order valence-corrected chi connectivity index (χ1v) is 10.3. The molecule has 0 spiro atoms. The number of halogens is 1. The predicted molar refractivity (Wildman–Crippen MR) is 100 cm³/mol. The van der Waals surface area contributed by atoms with Crippen LogP contribution in [0, 0.1) is 5.82 Å². The van der Waals surface area contributed by atoms with Gasteiger partial charge < -0.3 is 5.32 Å². The second-order valence-corrected chi connectivity index (χ2v) is 8.41. The zero-order chi connectivity index (χ0) is 16.8. The van der Waals surface area contributed by atoms with Crippen LogP contribution < -0.4 is 5.32 Å². The Balaban J connectivity index is 1.63. The molecule has 3 rings (SSSR count). The van der Waals surface area contributed by atoms with E-state index in [0.29, 0.717) is 11.0 Å². The normalized spacial score (nSPS) is 16.7. The molecule has 1 aliphatic rings. The minimum atomic E-state index is -0.261. The van der Waals surface area contributed by atoms with E-state index in [-0.39, 0.29) is 17.8 Å². The standard InChI is InChI=1S/C19H22FNOS2/c20-15-10-8-14(9-11-15)19(17-7-4-12-23-17)21-18(22)13-24-16-5-2-1-3-6-16/h4,7-12,16,19H,1-3,5-6,13H2,(H,21,22)/t19-/m0/s1. The molecule has 1 fully saturated rings. The third-order valence-corrected chi connectivity index (χ3v) is 6.65. The fourth-order valence-electron chi connectivity index (χ4n) is 3.06. The summed E-state index contributed by atoms with van der Waals surface area (Å²) in [6.45, 7) is 0. The number of hydrogen-bond acceptors (Lipinski definition) is 3. The van der Waals surface area contributed by atoms with Crippen molar-refractivity contribution in [2.75, 3.05) is 5.75 Å². The van der Waals surface area contributed by atoms with Gasteiger partial charge in [0.25, 0.3) is 0 Å². The Morgan fingerprint density at radius 3 is 2.62 bits per heavy atom. The van der Waals surface area contributed by atoms with E-state index in [1.165, 1.54) is 44.2 Å². The molecular weight excluding hydrogens is 341 g/mol. The van der Waals surface area contributed by atoms with Crippen molar-refractivity contribution in [1.82, 2.24) is 5.32 Å². The average molecular weight is 364 g/mol. The molecule has 0 aliphatic heterocycles. The Morgan fingerprint density at radius 2 is 1.96 bits per heavy atom. The van der Waals surface area contributed by atoms with E-state index in [4.69, 9.17) is 0 Å². The van der Waals surface area contributed by atoms with Crippen LogP contribution in [0.2, 0.25) is 0 Å². The Bertz CT molecular complexity index is 636. The second-order valence-electron chi connectivity index (χ2n) is 6.14. The summed E-state index contributed by atoms with van der Waals surface area (Å²) >= 11 is 3.38. The van der Waals surface area contributed by atoms with Crippen LogP contribution in [0.5, 0.6) is 0 Å². The van der Waals surface area contributed by atoms with E-state index in [9.17, 15) is 9.18 Å². The van der Waals surface area contributed by atoms with Gasteiger partial charge in [0.15, 0.2) is 0 Å². The number of rotatable bonds is 6. The summed E-state index contributed by atoms with van der Waals surface area (Å²) in [4.78, 5) is 13.5. The fraction of sp³-hybridized carbons (Fsp3) is 0.421. The van der Waals surface area contributed by atoms with Crippen molar-refractivity contribution in [2.45, 2.75) is 43.4 Å². The van der Waals surface area contributed by atoms with Gasteiger partial charge in [0.2, 0.25) is 5.91 Å². The molecule has 1 aromatic carbocycles. The Kier molecular flexibility index (Phi) is 6.32. The molecule has 0 bridgehead atoms. The summed E-state index contributed by atoms with van der Waals surface area (Å²) in [7, 11) is 0. The maximum absolute atomic E-state index is 13.2. The number of thioether (sulfide) groups is 1. The van der Waals surface area contributed by atoms with Gasteiger partial charge in [0.05, 0.1) is 11.8 Å². The third kappa shape index (κ3) is 4.84. The largest absolute Gasteiger partial charge is 0.344 e. The second kappa shape index (κ2) is 8.67. The molecule has 1 heterocycles. The van der Waals surface area contributed by atoms with Gasteiger partial charge in [0, 0.05) is 10.1 Å². The predicted octanol–water partition coefficient (Wildman–Crippen LogP) is 5.16. The average Bonchev–Trinajstić information content (AvgIpc) is 3.14. The lowest BCUT2D eigenvalue weighted by molar-refractivity contribution is -0.119. The van der Waals surface area contributed by atoms with Crippen LogP contribution in [0.1, 0.15) is 48.6 Å². The van der Waals surface area contributed by atoms with Crippen molar-refractivity contribution in [2.24, 2.45) is 0 Å². The van der Waals surface area contributed by atoms with E-state index in [1.807, 2.05) is 17.5 Å². The molecule has 1 aliphatic carbocycles. The van der Waals surface area contributed by atoms with Gasteiger partial charge in [-0.1, -0.05) is 37.5 Å². The van der Waals surface area contributed by atoms with Gasteiger partial charge in [-0.25, -0.2) is 4.39 Å². The van der Waals surface area contributed by atoms with Crippen molar-refractivity contribution in [3.8, 4) is 0 Å². The first kappa shape index (κ1) is 17.5. The van der Waals surface area contributed by atoms with Crippen LogP contribution >= 0.6 is 23.1 Å². The van der Waals surface area contributed by atoms with E-state index in [0.717, 1.165) is 10.4 Å². The highest BCUT2D eigenvalue weighted by Gasteiger charge is 2.20. The summed E-state index contributed by atoms with van der Waals surface area (Å²) in [5, 5.41) is 5.74. The summed E-state index contributed by atoms with van der Waals surface area (Å²) in [6, 6.07) is 10.2. The zero-order valence-electron chi connectivity index (χ0n) is 13.5. The number of amides is 1. The molecule has 24 heavy (non-hydrogen) atoms. The molecule has 128 valence electrons. The van der Waals surface area contributed by atoms with Crippen LogP contribution in [0.25, 0.3) is 0 Å².